The van der Waals surface area contributed by atoms with Crippen molar-refractivity contribution in [3.63, 3.8) is 0 Å². The van der Waals surface area contributed by atoms with Crippen LogP contribution in [0.15, 0.2) is 35.7 Å². The fourth-order valence-electron chi connectivity index (χ4n) is 4.98. The van der Waals surface area contributed by atoms with Crippen molar-refractivity contribution in [2.75, 3.05) is 26.2 Å². The number of nitrogens with zero attached hydrogens (tertiary/aromatic N) is 2. The highest BCUT2D eigenvalue weighted by Gasteiger charge is 2.52. The Morgan fingerprint density at radius 1 is 1.12 bits per heavy atom. The molecule has 34 heavy (non-hydrogen) atoms. The molecule has 1 aromatic rings. The molecule has 0 atom stereocenters. The van der Waals surface area contributed by atoms with Gasteiger partial charge in [-0.1, -0.05) is 43.2 Å². The maximum atomic E-state index is 12.7. The SMILES string of the molecule is O=C(NCCCN1C(=O)NC2(CCCC2)C1=O)C1CCN(S(=O)(=O)/C=C/c2ccccc2)CC1. The minimum absolute atomic E-state index is 0.110. The zero-order valence-corrected chi connectivity index (χ0v) is 20.1. The lowest BCUT2D eigenvalue weighted by atomic mass is 9.97. The van der Waals surface area contributed by atoms with E-state index < -0.39 is 15.6 Å². The molecule has 4 rings (SSSR count). The van der Waals surface area contributed by atoms with Crippen LogP contribution in [-0.2, 0) is 19.6 Å². The number of piperidine rings is 1. The van der Waals surface area contributed by atoms with Gasteiger partial charge in [-0.2, -0.15) is 4.31 Å². The summed E-state index contributed by atoms with van der Waals surface area (Å²) in [5, 5.41) is 6.95. The summed E-state index contributed by atoms with van der Waals surface area (Å²) < 4.78 is 26.6. The van der Waals surface area contributed by atoms with Gasteiger partial charge in [0.2, 0.25) is 15.9 Å². The molecule has 3 fully saturated rings. The van der Waals surface area contributed by atoms with E-state index in [1.54, 1.807) is 6.08 Å². The molecule has 0 aromatic heterocycles. The van der Waals surface area contributed by atoms with Crippen LogP contribution in [-0.4, -0.2) is 67.2 Å². The van der Waals surface area contributed by atoms with E-state index in [1.807, 2.05) is 30.3 Å². The molecular formula is C24H32N4O5S. The molecule has 2 heterocycles. The summed E-state index contributed by atoms with van der Waals surface area (Å²) in [5.41, 5.74) is 0.108. The summed E-state index contributed by atoms with van der Waals surface area (Å²) >= 11 is 0. The second-order valence-electron chi connectivity index (χ2n) is 9.25. The number of benzene rings is 1. The highest BCUT2D eigenvalue weighted by molar-refractivity contribution is 7.92. The highest BCUT2D eigenvalue weighted by atomic mass is 32.2. The smallest absolute Gasteiger partial charge is 0.325 e. The molecule has 1 aliphatic carbocycles. The third kappa shape index (κ3) is 5.33. The molecule has 0 bridgehead atoms. The second-order valence-corrected chi connectivity index (χ2v) is 11.1. The molecule has 1 aromatic carbocycles. The molecule has 1 saturated carbocycles. The average Bonchev–Trinajstić information content (AvgIpc) is 3.41. The van der Waals surface area contributed by atoms with E-state index in [0.717, 1.165) is 18.4 Å². The topological polar surface area (TPSA) is 116 Å². The number of carbonyl (C=O) groups is 3. The summed E-state index contributed by atoms with van der Waals surface area (Å²) in [5.74, 6) is -0.499. The fourth-order valence-corrected chi connectivity index (χ4v) is 6.20. The molecule has 184 valence electrons. The van der Waals surface area contributed by atoms with E-state index in [-0.39, 0.29) is 30.3 Å². The third-order valence-corrected chi connectivity index (χ3v) is 8.54. The molecule has 3 aliphatic rings. The van der Waals surface area contributed by atoms with Gasteiger partial charge in [0.1, 0.15) is 5.54 Å². The van der Waals surface area contributed by atoms with Crippen molar-refractivity contribution in [3.05, 3.63) is 41.3 Å². The van der Waals surface area contributed by atoms with Crippen molar-refractivity contribution < 1.29 is 22.8 Å². The van der Waals surface area contributed by atoms with Gasteiger partial charge in [-0.05, 0) is 43.7 Å². The van der Waals surface area contributed by atoms with Crippen LogP contribution in [0, 0.1) is 5.92 Å². The van der Waals surface area contributed by atoms with Gasteiger partial charge < -0.3 is 10.6 Å². The molecule has 1 spiro atoms. The molecular weight excluding hydrogens is 456 g/mol. The van der Waals surface area contributed by atoms with Gasteiger partial charge in [-0.25, -0.2) is 13.2 Å². The Balaban J connectivity index is 1.18. The van der Waals surface area contributed by atoms with E-state index in [9.17, 15) is 22.8 Å². The standard InChI is InChI=1S/C24H32N4O5S/c29-21(25-14-6-15-28-22(30)24(26-23(28)31)12-4-5-13-24)20-9-16-27(17-10-20)34(32,33)18-11-19-7-2-1-3-8-19/h1-3,7-8,11,18,20H,4-6,9-10,12-17H2,(H,25,29)(H,26,31)/b18-11+. The Kier molecular flexibility index (Phi) is 7.37. The summed E-state index contributed by atoms with van der Waals surface area (Å²) in [4.78, 5) is 38.7. The maximum absolute atomic E-state index is 12.7. The number of imide groups is 1. The van der Waals surface area contributed by atoms with Crippen LogP contribution < -0.4 is 10.6 Å². The van der Waals surface area contributed by atoms with Crippen molar-refractivity contribution in [1.29, 1.82) is 0 Å². The van der Waals surface area contributed by atoms with Crippen LogP contribution in [0.3, 0.4) is 0 Å². The van der Waals surface area contributed by atoms with Gasteiger partial charge in [-0.15, -0.1) is 0 Å². The highest BCUT2D eigenvalue weighted by Crippen LogP contribution is 2.35. The number of hydrogen-bond acceptors (Lipinski definition) is 5. The molecule has 9 nitrogen and oxygen atoms in total. The second kappa shape index (κ2) is 10.3. The maximum Gasteiger partial charge on any atom is 0.325 e. The molecule has 2 saturated heterocycles. The first-order valence-electron chi connectivity index (χ1n) is 12.0. The van der Waals surface area contributed by atoms with Gasteiger partial charge in [-0.3, -0.25) is 14.5 Å². The first kappa shape index (κ1) is 24.4. The van der Waals surface area contributed by atoms with E-state index in [0.29, 0.717) is 51.7 Å². The Hall–Kier alpha value is -2.72. The normalized spacial score (nSPS) is 21.5. The van der Waals surface area contributed by atoms with Crippen LogP contribution in [0.5, 0.6) is 0 Å². The number of amides is 4. The lowest BCUT2D eigenvalue weighted by Crippen LogP contribution is -2.44. The van der Waals surface area contributed by atoms with Crippen LogP contribution in [0.2, 0.25) is 0 Å². The number of nitrogens with one attached hydrogen (secondary N) is 2. The average molecular weight is 489 g/mol. The van der Waals surface area contributed by atoms with Crippen LogP contribution in [0.1, 0.15) is 50.5 Å². The number of carbonyl (C=O) groups excluding carboxylic acids is 3. The number of hydrogen-bond donors (Lipinski definition) is 2. The molecule has 0 unspecified atom stereocenters. The Morgan fingerprint density at radius 3 is 2.47 bits per heavy atom. The molecule has 2 N–H and O–H groups in total. The fraction of sp³-hybridized carbons (Fsp3) is 0.542. The Labute approximate surface area is 200 Å². The molecule has 0 radical (unpaired) electrons. The first-order chi connectivity index (χ1) is 16.3. The minimum atomic E-state index is -3.54. The number of rotatable bonds is 8. The van der Waals surface area contributed by atoms with Crippen molar-refractivity contribution in [2.24, 2.45) is 5.92 Å². The Morgan fingerprint density at radius 2 is 1.79 bits per heavy atom. The summed E-state index contributed by atoms with van der Waals surface area (Å²) in [6, 6.07) is 8.90. The van der Waals surface area contributed by atoms with Gasteiger partial charge in [0.05, 0.1) is 0 Å². The van der Waals surface area contributed by atoms with E-state index in [2.05, 4.69) is 10.6 Å². The number of sulfonamides is 1. The van der Waals surface area contributed by atoms with Crippen molar-refractivity contribution in [3.8, 4) is 0 Å². The van der Waals surface area contributed by atoms with E-state index in [4.69, 9.17) is 0 Å². The zero-order valence-electron chi connectivity index (χ0n) is 19.2. The number of urea groups is 1. The van der Waals surface area contributed by atoms with Gasteiger partial charge in [0, 0.05) is 37.5 Å². The molecule has 2 aliphatic heterocycles. The van der Waals surface area contributed by atoms with Gasteiger partial charge in [0.15, 0.2) is 0 Å². The van der Waals surface area contributed by atoms with Crippen molar-refractivity contribution in [1.82, 2.24) is 19.8 Å². The van der Waals surface area contributed by atoms with Crippen LogP contribution >= 0.6 is 0 Å². The first-order valence-corrected chi connectivity index (χ1v) is 13.5. The third-order valence-electron chi connectivity index (χ3n) is 6.98. The Bertz CT molecular complexity index is 1040. The van der Waals surface area contributed by atoms with E-state index in [1.165, 1.54) is 14.6 Å². The monoisotopic (exact) mass is 488 g/mol. The predicted octanol–water partition coefficient (Wildman–Crippen LogP) is 2.07. The lowest BCUT2D eigenvalue weighted by Gasteiger charge is -2.29. The van der Waals surface area contributed by atoms with Gasteiger partial charge >= 0.3 is 6.03 Å². The van der Waals surface area contributed by atoms with Crippen molar-refractivity contribution >= 4 is 33.9 Å². The summed E-state index contributed by atoms with van der Waals surface area (Å²) in [7, 11) is -3.54. The zero-order chi connectivity index (χ0) is 24.2. The quantitative estimate of drug-likeness (QED) is 0.429. The molecule has 10 heteroatoms. The largest absolute Gasteiger partial charge is 0.356 e. The lowest BCUT2D eigenvalue weighted by molar-refractivity contribution is -0.131. The molecule has 4 amide bonds. The van der Waals surface area contributed by atoms with Gasteiger partial charge in [0.25, 0.3) is 5.91 Å². The summed E-state index contributed by atoms with van der Waals surface area (Å²) in [6.45, 7) is 1.23. The minimum Gasteiger partial charge on any atom is -0.356 e. The summed E-state index contributed by atoms with van der Waals surface area (Å²) in [6.07, 6.45) is 6.26. The van der Waals surface area contributed by atoms with Crippen LogP contribution in [0.4, 0.5) is 4.79 Å². The van der Waals surface area contributed by atoms with Crippen LogP contribution in [0.25, 0.3) is 6.08 Å². The predicted molar refractivity (Wildman–Crippen MR) is 128 cm³/mol. The van der Waals surface area contributed by atoms with E-state index >= 15 is 0 Å². The van der Waals surface area contributed by atoms with Crippen molar-refractivity contribution in [2.45, 2.75) is 50.5 Å².